The number of ether oxygens (including phenoxy) is 2. The second-order valence-corrected chi connectivity index (χ2v) is 6.05. The Morgan fingerprint density at radius 1 is 1.12 bits per heavy atom. The number of nitrogens with two attached hydrogens (primary N) is 1. The Morgan fingerprint density at radius 2 is 1.92 bits per heavy atom. The molecule has 1 aliphatic heterocycles. The molecule has 0 aliphatic carbocycles. The monoisotopic (exact) mass is 341 g/mol. The summed E-state index contributed by atoms with van der Waals surface area (Å²) in [7, 11) is 3.19. The molecule has 0 atom stereocenters. The molecule has 1 aliphatic rings. The third-order valence-corrected chi connectivity index (χ3v) is 4.42. The normalized spacial score (nSPS) is 13.1. The van der Waals surface area contributed by atoms with E-state index in [1.165, 1.54) is 5.56 Å². The molecule has 0 bridgehead atoms. The van der Waals surface area contributed by atoms with E-state index in [1.54, 1.807) is 14.2 Å². The molecule has 0 aromatic heterocycles. The molecule has 3 rings (SSSR count). The third-order valence-electron chi connectivity index (χ3n) is 4.42. The van der Waals surface area contributed by atoms with Gasteiger partial charge >= 0.3 is 6.03 Å². The first-order valence-electron chi connectivity index (χ1n) is 8.21. The molecule has 0 spiro atoms. The third kappa shape index (κ3) is 3.79. The Morgan fingerprint density at radius 3 is 2.68 bits per heavy atom. The van der Waals surface area contributed by atoms with Crippen LogP contribution in [-0.2, 0) is 19.5 Å². The largest absolute Gasteiger partial charge is 0.493 e. The minimum absolute atomic E-state index is 0.0807. The Labute approximate surface area is 147 Å². The van der Waals surface area contributed by atoms with Gasteiger partial charge in [0.25, 0.3) is 0 Å². The molecule has 0 saturated heterocycles. The van der Waals surface area contributed by atoms with Crippen molar-refractivity contribution in [2.24, 2.45) is 0 Å². The number of carbonyl (C=O) groups excluding carboxylic acids is 1. The van der Waals surface area contributed by atoms with Crippen molar-refractivity contribution in [3.05, 3.63) is 53.1 Å². The highest BCUT2D eigenvalue weighted by Crippen LogP contribution is 2.27. The van der Waals surface area contributed by atoms with Crippen LogP contribution in [-0.4, -0.2) is 31.7 Å². The SMILES string of the molecule is COc1ccc(CNC(=O)N2CCc3ccc(N)cc3C2)cc1OC. The lowest BCUT2D eigenvalue weighted by molar-refractivity contribution is 0.192. The maximum Gasteiger partial charge on any atom is 0.317 e. The topological polar surface area (TPSA) is 76.8 Å². The lowest BCUT2D eigenvalue weighted by atomic mass is 9.99. The van der Waals surface area contributed by atoms with Gasteiger partial charge in [-0.15, -0.1) is 0 Å². The lowest BCUT2D eigenvalue weighted by Crippen LogP contribution is -2.42. The van der Waals surface area contributed by atoms with Crippen molar-refractivity contribution in [2.45, 2.75) is 19.5 Å². The van der Waals surface area contributed by atoms with Gasteiger partial charge in [-0.2, -0.15) is 0 Å². The number of methoxy groups -OCH3 is 2. The van der Waals surface area contributed by atoms with Crippen LogP contribution < -0.4 is 20.5 Å². The predicted octanol–water partition coefficient (Wildman–Crippen LogP) is 2.55. The quantitative estimate of drug-likeness (QED) is 0.838. The number of fused-ring (bicyclic) bond motifs is 1. The summed E-state index contributed by atoms with van der Waals surface area (Å²) in [6.07, 6.45) is 0.847. The van der Waals surface area contributed by atoms with Crippen LogP contribution in [0.1, 0.15) is 16.7 Å². The van der Waals surface area contributed by atoms with E-state index in [0.29, 0.717) is 31.1 Å². The van der Waals surface area contributed by atoms with Gasteiger partial charge in [0.05, 0.1) is 14.2 Å². The molecular formula is C19H23N3O3. The number of hydrogen-bond acceptors (Lipinski definition) is 4. The zero-order chi connectivity index (χ0) is 17.8. The van der Waals surface area contributed by atoms with Crippen molar-refractivity contribution in [3.63, 3.8) is 0 Å². The van der Waals surface area contributed by atoms with Crippen molar-refractivity contribution in [2.75, 3.05) is 26.5 Å². The number of anilines is 1. The number of carbonyl (C=O) groups is 1. The van der Waals surface area contributed by atoms with Crippen LogP contribution in [0, 0.1) is 0 Å². The summed E-state index contributed by atoms with van der Waals surface area (Å²) < 4.78 is 10.5. The molecule has 25 heavy (non-hydrogen) atoms. The number of hydrogen-bond donors (Lipinski definition) is 2. The van der Waals surface area contributed by atoms with Gasteiger partial charge in [0.15, 0.2) is 11.5 Å². The van der Waals surface area contributed by atoms with Crippen LogP contribution in [0.5, 0.6) is 11.5 Å². The van der Waals surface area contributed by atoms with Crippen LogP contribution in [0.15, 0.2) is 36.4 Å². The van der Waals surface area contributed by atoms with Crippen molar-refractivity contribution in [1.82, 2.24) is 10.2 Å². The Kier molecular flexibility index (Phi) is 4.97. The van der Waals surface area contributed by atoms with Crippen LogP contribution >= 0.6 is 0 Å². The predicted molar refractivity (Wildman–Crippen MR) is 96.8 cm³/mol. The molecule has 0 saturated carbocycles. The number of amides is 2. The highest BCUT2D eigenvalue weighted by molar-refractivity contribution is 5.74. The van der Waals surface area contributed by atoms with Crippen molar-refractivity contribution < 1.29 is 14.3 Å². The minimum Gasteiger partial charge on any atom is -0.493 e. The van der Waals surface area contributed by atoms with Crippen LogP contribution in [0.25, 0.3) is 0 Å². The summed E-state index contributed by atoms with van der Waals surface area (Å²) in [5.74, 6) is 1.32. The van der Waals surface area contributed by atoms with Gasteiger partial charge in [-0.3, -0.25) is 0 Å². The first kappa shape index (κ1) is 17.0. The molecular weight excluding hydrogens is 318 g/mol. The summed E-state index contributed by atoms with van der Waals surface area (Å²) in [4.78, 5) is 14.3. The Bertz CT molecular complexity index is 777. The van der Waals surface area contributed by atoms with Gasteiger partial charge in [-0.05, 0) is 47.4 Å². The number of benzene rings is 2. The molecule has 0 radical (unpaired) electrons. The average Bonchev–Trinajstić information content (AvgIpc) is 2.65. The highest BCUT2D eigenvalue weighted by atomic mass is 16.5. The standard InChI is InChI=1S/C19H23N3O3/c1-24-17-6-3-13(9-18(17)25-2)11-21-19(23)22-8-7-14-4-5-16(20)10-15(14)12-22/h3-6,9-10H,7-8,11-12,20H2,1-2H3,(H,21,23). The van der Waals surface area contributed by atoms with Crippen LogP contribution in [0.3, 0.4) is 0 Å². The van der Waals surface area contributed by atoms with Gasteiger partial charge in [0.1, 0.15) is 0 Å². The van der Waals surface area contributed by atoms with E-state index >= 15 is 0 Å². The van der Waals surface area contributed by atoms with E-state index in [9.17, 15) is 4.79 Å². The van der Waals surface area contributed by atoms with Crippen molar-refractivity contribution in [3.8, 4) is 11.5 Å². The van der Waals surface area contributed by atoms with E-state index in [0.717, 1.165) is 23.2 Å². The number of nitrogens with zero attached hydrogens (tertiary/aromatic N) is 1. The van der Waals surface area contributed by atoms with Crippen molar-refractivity contribution >= 4 is 11.7 Å². The maximum atomic E-state index is 12.5. The molecule has 1 heterocycles. The number of rotatable bonds is 4. The summed E-state index contributed by atoms with van der Waals surface area (Å²) in [6.45, 7) is 1.71. The maximum absolute atomic E-state index is 12.5. The molecule has 6 heteroatoms. The van der Waals surface area contributed by atoms with Gasteiger partial charge in [-0.25, -0.2) is 4.79 Å². The van der Waals surface area contributed by atoms with Gasteiger partial charge in [0, 0.05) is 25.3 Å². The summed E-state index contributed by atoms with van der Waals surface area (Å²) in [5, 5.41) is 2.96. The van der Waals surface area contributed by atoms with E-state index < -0.39 is 0 Å². The fraction of sp³-hybridized carbons (Fsp3) is 0.316. The number of urea groups is 1. The number of nitrogen functional groups attached to an aromatic ring is 1. The van der Waals surface area contributed by atoms with Crippen molar-refractivity contribution in [1.29, 1.82) is 0 Å². The lowest BCUT2D eigenvalue weighted by Gasteiger charge is -2.29. The van der Waals surface area contributed by atoms with E-state index in [1.807, 2.05) is 41.3 Å². The smallest absolute Gasteiger partial charge is 0.317 e. The summed E-state index contributed by atoms with van der Waals surface area (Å²) >= 11 is 0. The average molecular weight is 341 g/mol. The minimum atomic E-state index is -0.0807. The first-order valence-corrected chi connectivity index (χ1v) is 8.21. The second-order valence-electron chi connectivity index (χ2n) is 6.05. The highest BCUT2D eigenvalue weighted by Gasteiger charge is 2.20. The van der Waals surface area contributed by atoms with Gasteiger partial charge < -0.3 is 25.4 Å². The van der Waals surface area contributed by atoms with Gasteiger partial charge in [0.2, 0.25) is 0 Å². The van der Waals surface area contributed by atoms with E-state index in [2.05, 4.69) is 5.32 Å². The molecule has 132 valence electrons. The summed E-state index contributed by atoms with van der Waals surface area (Å²) in [5.41, 5.74) is 9.91. The molecule has 2 aromatic carbocycles. The number of nitrogens with one attached hydrogen (secondary N) is 1. The molecule has 2 aromatic rings. The molecule has 2 amide bonds. The van der Waals surface area contributed by atoms with E-state index in [-0.39, 0.29) is 6.03 Å². The van der Waals surface area contributed by atoms with Crippen LogP contribution in [0.2, 0.25) is 0 Å². The molecule has 0 unspecified atom stereocenters. The summed E-state index contributed by atoms with van der Waals surface area (Å²) in [6, 6.07) is 11.4. The zero-order valence-corrected chi connectivity index (χ0v) is 14.5. The fourth-order valence-electron chi connectivity index (χ4n) is 3.03. The van der Waals surface area contributed by atoms with Crippen LogP contribution in [0.4, 0.5) is 10.5 Å². The fourth-order valence-corrected chi connectivity index (χ4v) is 3.03. The Hall–Kier alpha value is -2.89. The molecule has 6 nitrogen and oxygen atoms in total. The second kappa shape index (κ2) is 7.34. The van der Waals surface area contributed by atoms with E-state index in [4.69, 9.17) is 15.2 Å². The molecule has 0 fully saturated rings. The first-order chi connectivity index (χ1) is 12.1. The Balaban J connectivity index is 1.62. The zero-order valence-electron chi connectivity index (χ0n) is 14.5. The van der Waals surface area contributed by atoms with Gasteiger partial charge in [-0.1, -0.05) is 12.1 Å². The molecule has 3 N–H and O–H groups in total.